The van der Waals surface area contributed by atoms with Gasteiger partial charge in [-0.3, -0.25) is 4.68 Å². The first-order valence-electron chi connectivity index (χ1n) is 5.67. The Balaban J connectivity index is 0.000000921. The SMILES string of the molecule is CC.Cc1nn(CCN(C)C)c(C)c1C. The van der Waals surface area contributed by atoms with Crippen LogP contribution in [0.2, 0.25) is 0 Å². The summed E-state index contributed by atoms with van der Waals surface area (Å²) >= 11 is 0. The van der Waals surface area contributed by atoms with Crippen molar-refractivity contribution in [2.75, 3.05) is 20.6 Å². The Morgan fingerprint density at radius 1 is 1.13 bits per heavy atom. The molecular weight excluding hydrogens is 186 g/mol. The van der Waals surface area contributed by atoms with Gasteiger partial charge in [0.1, 0.15) is 0 Å². The molecule has 0 aliphatic carbocycles. The fourth-order valence-corrected chi connectivity index (χ4v) is 1.30. The summed E-state index contributed by atoms with van der Waals surface area (Å²) in [6.07, 6.45) is 0. The maximum atomic E-state index is 4.47. The predicted octanol–water partition coefficient (Wildman–Crippen LogP) is 2.40. The topological polar surface area (TPSA) is 21.1 Å². The molecule has 0 radical (unpaired) electrons. The van der Waals surface area contributed by atoms with E-state index in [2.05, 4.69) is 49.5 Å². The molecule has 0 atom stereocenters. The van der Waals surface area contributed by atoms with Crippen LogP contribution in [0.5, 0.6) is 0 Å². The third-order valence-electron chi connectivity index (χ3n) is 2.50. The van der Waals surface area contributed by atoms with Crippen molar-refractivity contribution in [2.45, 2.75) is 41.2 Å². The lowest BCUT2D eigenvalue weighted by Crippen LogP contribution is -2.19. The molecule has 0 fully saturated rings. The number of aryl methyl sites for hydroxylation is 1. The molecule has 3 heteroatoms. The Bertz CT molecular complexity index is 287. The minimum atomic E-state index is 0.980. The van der Waals surface area contributed by atoms with E-state index >= 15 is 0 Å². The molecule has 0 saturated heterocycles. The van der Waals surface area contributed by atoms with Crippen LogP contribution in [0.25, 0.3) is 0 Å². The molecule has 0 spiro atoms. The molecule has 1 rings (SSSR count). The summed E-state index contributed by atoms with van der Waals surface area (Å²) in [4.78, 5) is 2.17. The van der Waals surface area contributed by atoms with Gasteiger partial charge in [0.2, 0.25) is 0 Å². The first kappa shape index (κ1) is 14.2. The summed E-state index contributed by atoms with van der Waals surface area (Å²) in [6.45, 7) is 12.3. The van der Waals surface area contributed by atoms with E-state index in [1.165, 1.54) is 11.3 Å². The lowest BCUT2D eigenvalue weighted by Gasteiger charge is -2.10. The Morgan fingerprint density at radius 3 is 2.00 bits per heavy atom. The quantitative estimate of drug-likeness (QED) is 0.765. The number of rotatable bonds is 3. The van der Waals surface area contributed by atoms with Crippen molar-refractivity contribution >= 4 is 0 Å². The molecule has 0 aromatic carbocycles. The zero-order valence-corrected chi connectivity index (χ0v) is 11.3. The Morgan fingerprint density at radius 2 is 1.67 bits per heavy atom. The summed E-state index contributed by atoms with van der Waals surface area (Å²) in [5.74, 6) is 0. The molecule has 0 aliphatic heterocycles. The van der Waals surface area contributed by atoms with Crippen LogP contribution in [-0.2, 0) is 6.54 Å². The summed E-state index contributed by atoms with van der Waals surface area (Å²) in [7, 11) is 4.16. The van der Waals surface area contributed by atoms with Gasteiger partial charge in [-0.25, -0.2) is 0 Å². The van der Waals surface area contributed by atoms with Gasteiger partial charge in [-0.15, -0.1) is 0 Å². The summed E-state index contributed by atoms with van der Waals surface area (Å²) in [5, 5.41) is 4.47. The van der Waals surface area contributed by atoms with Crippen LogP contribution in [0.3, 0.4) is 0 Å². The van der Waals surface area contributed by atoms with E-state index in [-0.39, 0.29) is 0 Å². The van der Waals surface area contributed by atoms with Crippen molar-refractivity contribution in [3.05, 3.63) is 17.0 Å². The highest BCUT2D eigenvalue weighted by atomic mass is 15.3. The Hall–Kier alpha value is -0.830. The van der Waals surface area contributed by atoms with E-state index in [0.717, 1.165) is 18.8 Å². The van der Waals surface area contributed by atoms with Gasteiger partial charge in [0.15, 0.2) is 0 Å². The number of nitrogens with zero attached hydrogens (tertiary/aromatic N) is 3. The molecular formula is C12H25N3. The fraction of sp³-hybridized carbons (Fsp3) is 0.750. The molecule has 0 aliphatic rings. The van der Waals surface area contributed by atoms with Gasteiger partial charge in [-0.1, -0.05) is 13.8 Å². The molecule has 88 valence electrons. The summed E-state index contributed by atoms with van der Waals surface area (Å²) in [5.41, 5.74) is 3.76. The monoisotopic (exact) mass is 211 g/mol. The van der Waals surface area contributed by atoms with Crippen LogP contribution in [0, 0.1) is 20.8 Å². The third-order valence-corrected chi connectivity index (χ3v) is 2.50. The molecule has 1 aromatic rings. The molecule has 1 aromatic heterocycles. The molecule has 15 heavy (non-hydrogen) atoms. The smallest absolute Gasteiger partial charge is 0.0625 e. The molecule has 0 saturated carbocycles. The number of likely N-dealkylation sites (N-methyl/N-ethyl adjacent to an activating group) is 1. The van der Waals surface area contributed by atoms with Crippen LogP contribution in [0.4, 0.5) is 0 Å². The zero-order chi connectivity index (χ0) is 12.0. The summed E-state index contributed by atoms with van der Waals surface area (Å²) in [6, 6.07) is 0. The van der Waals surface area contributed by atoms with E-state index in [1.54, 1.807) is 0 Å². The predicted molar refractivity (Wildman–Crippen MR) is 66.3 cm³/mol. The first-order chi connectivity index (χ1) is 7.02. The van der Waals surface area contributed by atoms with Crippen LogP contribution < -0.4 is 0 Å². The number of aromatic nitrogens is 2. The van der Waals surface area contributed by atoms with Crippen LogP contribution in [0.15, 0.2) is 0 Å². The zero-order valence-electron chi connectivity index (χ0n) is 11.3. The van der Waals surface area contributed by atoms with Crippen LogP contribution >= 0.6 is 0 Å². The highest BCUT2D eigenvalue weighted by Crippen LogP contribution is 2.10. The minimum Gasteiger partial charge on any atom is -0.308 e. The van der Waals surface area contributed by atoms with Gasteiger partial charge in [0.25, 0.3) is 0 Å². The van der Waals surface area contributed by atoms with E-state index in [4.69, 9.17) is 0 Å². The maximum Gasteiger partial charge on any atom is 0.0625 e. The van der Waals surface area contributed by atoms with Crippen molar-refractivity contribution in [1.29, 1.82) is 0 Å². The van der Waals surface area contributed by atoms with E-state index in [9.17, 15) is 0 Å². The highest BCUT2D eigenvalue weighted by molar-refractivity contribution is 5.21. The molecule has 0 N–H and O–H groups in total. The molecule has 0 amide bonds. The van der Waals surface area contributed by atoms with E-state index < -0.39 is 0 Å². The van der Waals surface area contributed by atoms with Crippen molar-refractivity contribution in [3.63, 3.8) is 0 Å². The second-order valence-electron chi connectivity index (χ2n) is 3.82. The summed E-state index contributed by atoms with van der Waals surface area (Å²) < 4.78 is 2.09. The first-order valence-corrected chi connectivity index (χ1v) is 5.67. The van der Waals surface area contributed by atoms with Crippen molar-refractivity contribution in [1.82, 2.24) is 14.7 Å². The van der Waals surface area contributed by atoms with E-state index in [1.807, 2.05) is 13.8 Å². The Labute approximate surface area is 94.1 Å². The van der Waals surface area contributed by atoms with Gasteiger partial charge in [0.05, 0.1) is 12.2 Å². The van der Waals surface area contributed by atoms with E-state index in [0.29, 0.717) is 0 Å². The lowest BCUT2D eigenvalue weighted by atomic mass is 10.2. The molecule has 3 nitrogen and oxygen atoms in total. The van der Waals surface area contributed by atoms with Crippen molar-refractivity contribution in [3.8, 4) is 0 Å². The molecule has 0 bridgehead atoms. The average molecular weight is 211 g/mol. The van der Waals surface area contributed by atoms with Gasteiger partial charge in [-0.2, -0.15) is 5.10 Å². The number of hydrogen-bond acceptors (Lipinski definition) is 2. The van der Waals surface area contributed by atoms with Crippen molar-refractivity contribution in [2.24, 2.45) is 0 Å². The standard InChI is InChI=1S/C10H19N3.C2H6/c1-8-9(2)11-13(10(8)3)7-6-12(4)5;1-2/h6-7H2,1-5H3;1-2H3. The fourth-order valence-electron chi connectivity index (χ4n) is 1.30. The maximum absolute atomic E-state index is 4.47. The highest BCUT2D eigenvalue weighted by Gasteiger charge is 2.06. The van der Waals surface area contributed by atoms with Crippen molar-refractivity contribution < 1.29 is 0 Å². The molecule has 0 unspecified atom stereocenters. The lowest BCUT2D eigenvalue weighted by molar-refractivity contribution is 0.370. The minimum absolute atomic E-state index is 0.980. The third kappa shape index (κ3) is 4.04. The van der Waals surface area contributed by atoms with Gasteiger partial charge >= 0.3 is 0 Å². The van der Waals surface area contributed by atoms with Gasteiger partial charge < -0.3 is 4.90 Å². The second kappa shape index (κ2) is 6.62. The van der Waals surface area contributed by atoms with Crippen LogP contribution in [0.1, 0.15) is 30.8 Å². The average Bonchev–Trinajstić information content (AvgIpc) is 2.46. The second-order valence-corrected chi connectivity index (χ2v) is 3.82. The molecule has 1 heterocycles. The van der Waals surface area contributed by atoms with Gasteiger partial charge in [0, 0.05) is 12.2 Å². The Kier molecular flexibility index (Phi) is 6.25. The normalized spacial score (nSPS) is 10.1. The van der Waals surface area contributed by atoms with Crippen LogP contribution in [-0.4, -0.2) is 35.3 Å². The van der Waals surface area contributed by atoms with Gasteiger partial charge in [-0.05, 0) is 40.4 Å². The number of hydrogen-bond donors (Lipinski definition) is 0. The largest absolute Gasteiger partial charge is 0.308 e.